The third-order valence-corrected chi connectivity index (χ3v) is 20.5. The summed E-state index contributed by atoms with van der Waals surface area (Å²) in [5.41, 5.74) is 0. The van der Waals surface area contributed by atoms with Crippen molar-refractivity contribution < 1.29 is 52.1 Å². The van der Waals surface area contributed by atoms with E-state index in [9.17, 15) is 19.2 Å². The molecule has 0 bridgehead atoms. The van der Waals surface area contributed by atoms with E-state index in [1.54, 1.807) is 0 Å². The summed E-state index contributed by atoms with van der Waals surface area (Å²) >= 11 is 0. The summed E-state index contributed by atoms with van der Waals surface area (Å²) in [7, 11) is -4.02. The molecule has 4 aromatic rings. The van der Waals surface area contributed by atoms with E-state index in [0.29, 0.717) is 32.5 Å². The number of carbonyl (C=O) groups is 4. The Hall–Kier alpha value is -4.93. The quantitative estimate of drug-likeness (QED) is 0.0646. The van der Waals surface area contributed by atoms with Crippen molar-refractivity contribution in [1.29, 1.82) is 0 Å². The van der Waals surface area contributed by atoms with Gasteiger partial charge in [0.25, 0.3) is 16.6 Å². The van der Waals surface area contributed by atoms with Crippen LogP contribution in [0.5, 0.6) is 0 Å². The van der Waals surface area contributed by atoms with E-state index in [2.05, 4.69) is 90.1 Å². The molecule has 0 saturated carbocycles. The molecule has 1 aliphatic rings. The van der Waals surface area contributed by atoms with Gasteiger partial charge in [-0.2, -0.15) is 0 Å². The fraction of sp³-hybridized carbons (Fsp3) is 0.404. The van der Waals surface area contributed by atoms with Crippen molar-refractivity contribution in [2.45, 2.75) is 89.5 Å². The number of hydrogen-bond donors (Lipinski definition) is 1. The number of cyclic esters (lactones) is 2. The zero-order chi connectivity index (χ0) is 43.8. The maximum atomic E-state index is 11.9. The van der Waals surface area contributed by atoms with E-state index in [-0.39, 0.29) is 23.1 Å². The van der Waals surface area contributed by atoms with Gasteiger partial charge in [0.05, 0.1) is 7.11 Å². The van der Waals surface area contributed by atoms with Crippen molar-refractivity contribution in [3.63, 3.8) is 0 Å². The first-order chi connectivity index (χ1) is 28.6. The van der Waals surface area contributed by atoms with Gasteiger partial charge in [-0.1, -0.05) is 163 Å². The number of aliphatic hydroxyl groups excluding tert-OH is 1. The Morgan fingerprint density at radius 1 is 0.683 bits per heavy atom. The van der Waals surface area contributed by atoms with Crippen LogP contribution < -0.4 is 20.7 Å². The number of rotatable bonds is 17. The molecule has 1 aliphatic heterocycles. The monoisotopic (exact) mass is 856 g/mol. The molecule has 4 aromatic carbocycles. The molecule has 5 rings (SSSR count). The van der Waals surface area contributed by atoms with Gasteiger partial charge < -0.3 is 32.9 Å². The van der Waals surface area contributed by atoms with Crippen LogP contribution in [0.15, 0.2) is 121 Å². The van der Waals surface area contributed by atoms with Crippen LogP contribution in [0.4, 0.5) is 0 Å². The van der Waals surface area contributed by atoms with Gasteiger partial charge in [-0.15, -0.1) is 0 Å². The Kier molecular flexibility index (Phi) is 17.6. The highest BCUT2D eigenvalue weighted by atomic mass is 28.4. The van der Waals surface area contributed by atoms with Crippen LogP contribution in [0.25, 0.3) is 0 Å². The van der Waals surface area contributed by atoms with Crippen LogP contribution in [-0.2, 0) is 47.0 Å². The van der Waals surface area contributed by atoms with Gasteiger partial charge in [0.15, 0.2) is 12.7 Å². The molecule has 0 aromatic heterocycles. The van der Waals surface area contributed by atoms with Crippen LogP contribution in [0.3, 0.4) is 0 Å². The molecular weight excluding hydrogens is 797 g/mol. The summed E-state index contributed by atoms with van der Waals surface area (Å²) in [4.78, 5) is 46.6. The molecule has 1 N–H and O–H groups in total. The first-order valence-electron chi connectivity index (χ1n) is 20.3. The molecule has 1 heterocycles. The van der Waals surface area contributed by atoms with Gasteiger partial charge in [-0.3, -0.25) is 0 Å². The second kappa shape index (κ2) is 22.1. The Bertz CT molecular complexity index is 1870. The van der Waals surface area contributed by atoms with Crippen molar-refractivity contribution in [2.75, 3.05) is 33.5 Å². The van der Waals surface area contributed by atoms with Crippen molar-refractivity contribution in [3.05, 3.63) is 121 Å². The first-order valence-corrected chi connectivity index (χ1v) is 24.2. The average molecular weight is 857 g/mol. The number of benzene rings is 4. The number of aliphatic hydroxyl groups is 1. The second-order valence-corrected chi connectivity index (χ2v) is 25.2. The second-order valence-electron chi connectivity index (χ2n) is 16.6. The van der Waals surface area contributed by atoms with Gasteiger partial charge >= 0.3 is 23.9 Å². The summed E-state index contributed by atoms with van der Waals surface area (Å²) < 4.78 is 33.2. The first kappa shape index (κ1) is 47.7. The Morgan fingerprint density at radius 2 is 1.10 bits per heavy atom. The van der Waals surface area contributed by atoms with Gasteiger partial charge in [0.2, 0.25) is 6.10 Å². The van der Waals surface area contributed by atoms with Crippen LogP contribution in [0, 0.1) is 0 Å². The standard InChI is InChI=1S/C25H34O6Si.C22H26O5Si/c1-25(2,3)32(20-13-7-5-8-14-20,21-15-9-6-10-16-21)30-18-12-11-17-22(24(28)29-4)31-23(27)19-26;1-22(2,3)28(17-10-6-4-7-11-17,18-12-8-5-9-13-18)26-15-14-19-21(24)25-16-20(23)27-19/h5-10,13-16,22,26H,11-12,17-19H2,1-4H3;4-13,19H,14-16H2,1-3H3/t22-;19-/m00/s1. The van der Waals surface area contributed by atoms with Crippen LogP contribution in [-0.4, -0.2) is 91.4 Å². The topological polar surface area (TPSA) is 144 Å². The highest BCUT2D eigenvalue weighted by Gasteiger charge is 2.51. The van der Waals surface area contributed by atoms with E-state index < -0.39 is 59.3 Å². The molecule has 1 fully saturated rings. The van der Waals surface area contributed by atoms with E-state index in [4.69, 9.17) is 32.9 Å². The Morgan fingerprint density at radius 3 is 1.48 bits per heavy atom. The SMILES string of the molecule is CC(C)(C)[Si](OCC[C@@H]1OC(=O)COC1=O)(c1ccccc1)c1ccccc1.COC(=O)[C@H](CCCCO[Si](c1ccccc1)(c1ccccc1)C(C)(C)C)OC(=O)CO. The van der Waals surface area contributed by atoms with Gasteiger partial charge in [-0.05, 0) is 50.1 Å². The zero-order valence-corrected chi connectivity index (χ0v) is 37.9. The van der Waals surface area contributed by atoms with Crippen LogP contribution in [0.1, 0.15) is 67.2 Å². The van der Waals surface area contributed by atoms with Crippen LogP contribution >= 0.6 is 0 Å². The third kappa shape index (κ3) is 11.9. The number of unbranched alkanes of at least 4 members (excludes halogenated alkanes) is 1. The van der Waals surface area contributed by atoms with E-state index >= 15 is 0 Å². The number of ether oxygens (including phenoxy) is 4. The lowest BCUT2D eigenvalue weighted by Crippen LogP contribution is -2.66. The Labute approximate surface area is 356 Å². The summed E-state index contributed by atoms with van der Waals surface area (Å²) in [5.74, 6) is -2.50. The van der Waals surface area contributed by atoms with Crippen LogP contribution in [0.2, 0.25) is 10.1 Å². The molecule has 322 valence electrons. The molecule has 0 amide bonds. The lowest BCUT2D eigenvalue weighted by Gasteiger charge is -2.43. The molecule has 60 heavy (non-hydrogen) atoms. The number of hydrogen-bond acceptors (Lipinski definition) is 11. The van der Waals surface area contributed by atoms with Gasteiger partial charge in [-0.25, -0.2) is 19.2 Å². The van der Waals surface area contributed by atoms with Crippen molar-refractivity contribution in [3.8, 4) is 0 Å². The molecule has 2 atom stereocenters. The van der Waals surface area contributed by atoms with Gasteiger partial charge in [0.1, 0.15) is 6.61 Å². The normalized spacial score (nSPS) is 15.1. The van der Waals surface area contributed by atoms with Crippen molar-refractivity contribution >= 4 is 61.3 Å². The van der Waals surface area contributed by atoms with E-state index in [0.717, 1.165) is 10.4 Å². The molecule has 0 radical (unpaired) electrons. The number of esters is 4. The molecule has 1 saturated heterocycles. The highest BCUT2D eigenvalue weighted by Crippen LogP contribution is 2.38. The number of methoxy groups -OCH3 is 1. The fourth-order valence-electron chi connectivity index (χ4n) is 7.69. The summed E-state index contributed by atoms with van der Waals surface area (Å²) in [5, 5.41) is 13.4. The maximum absolute atomic E-state index is 11.9. The Balaban J connectivity index is 0.000000267. The molecule has 0 aliphatic carbocycles. The molecule has 13 heteroatoms. The fourth-order valence-corrected chi connectivity index (χ4v) is 16.9. The summed E-state index contributed by atoms with van der Waals surface area (Å²) in [6.07, 6.45) is -0.0462. The lowest BCUT2D eigenvalue weighted by atomic mass is 10.1. The van der Waals surface area contributed by atoms with Crippen molar-refractivity contribution in [2.24, 2.45) is 0 Å². The average Bonchev–Trinajstić information content (AvgIpc) is 3.24. The molecule has 0 spiro atoms. The van der Waals surface area contributed by atoms with E-state index in [1.807, 2.05) is 72.8 Å². The largest absolute Gasteiger partial charge is 0.466 e. The zero-order valence-electron chi connectivity index (χ0n) is 35.9. The van der Waals surface area contributed by atoms with Gasteiger partial charge in [0, 0.05) is 19.6 Å². The smallest absolute Gasteiger partial charge is 0.348 e. The lowest BCUT2D eigenvalue weighted by molar-refractivity contribution is -0.185. The minimum atomic E-state index is -2.67. The molecular formula is C47H60O11Si2. The minimum absolute atomic E-state index is 0.110. The summed E-state index contributed by atoms with van der Waals surface area (Å²) in [6, 6.07) is 41.3. The third-order valence-electron chi connectivity index (χ3n) is 10.4. The summed E-state index contributed by atoms with van der Waals surface area (Å²) in [6.45, 7) is 12.9. The van der Waals surface area contributed by atoms with E-state index in [1.165, 1.54) is 17.5 Å². The maximum Gasteiger partial charge on any atom is 0.348 e. The predicted molar refractivity (Wildman–Crippen MR) is 235 cm³/mol. The molecule has 0 unspecified atom stereocenters. The predicted octanol–water partition coefficient (Wildman–Crippen LogP) is 5.23. The molecule has 11 nitrogen and oxygen atoms in total. The van der Waals surface area contributed by atoms with Crippen molar-refractivity contribution in [1.82, 2.24) is 0 Å². The number of carbonyl (C=O) groups excluding carboxylic acids is 4. The highest BCUT2D eigenvalue weighted by molar-refractivity contribution is 7.00. The minimum Gasteiger partial charge on any atom is -0.466 e.